The minimum absolute atomic E-state index is 0.0753. The van der Waals surface area contributed by atoms with Gasteiger partial charge in [0.05, 0.1) is 12.1 Å². The molecule has 0 unspecified atom stereocenters. The Kier molecular flexibility index (Phi) is 6.91. The summed E-state index contributed by atoms with van der Waals surface area (Å²) in [5.41, 5.74) is 4.67. The first-order valence-corrected chi connectivity index (χ1v) is 12.3. The van der Waals surface area contributed by atoms with Gasteiger partial charge in [-0.15, -0.1) is 0 Å². The van der Waals surface area contributed by atoms with Gasteiger partial charge in [-0.05, 0) is 75.3 Å². The molecular weight excluding hydrogens is 416 g/mol. The Balaban J connectivity index is 1.52. The number of aryl methyl sites for hydroxylation is 2. The van der Waals surface area contributed by atoms with Gasteiger partial charge in [0, 0.05) is 29.5 Å². The predicted molar refractivity (Wildman–Crippen MR) is 128 cm³/mol. The van der Waals surface area contributed by atoms with E-state index >= 15 is 0 Å². The number of nitrogens with zero attached hydrogens (tertiary/aromatic N) is 1. The van der Waals surface area contributed by atoms with E-state index in [0.29, 0.717) is 23.4 Å². The zero-order valence-corrected chi connectivity index (χ0v) is 20.2. The Morgan fingerprint density at radius 3 is 2.48 bits per heavy atom. The molecule has 2 aliphatic rings. The fourth-order valence-corrected chi connectivity index (χ4v) is 5.36. The molecule has 1 aromatic carbocycles. The highest BCUT2D eigenvalue weighted by atomic mass is 16.5. The van der Waals surface area contributed by atoms with Crippen molar-refractivity contribution in [1.29, 1.82) is 0 Å². The van der Waals surface area contributed by atoms with Crippen molar-refractivity contribution in [3.63, 3.8) is 0 Å². The van der Waals surface area contributed by atoms with Crippen molar-refractivity contribution in [2.75, 3.05) is 5.32 Å². The van der Waals surface area contributed by atoms with E-state index in [9.17, 15) is 14.7 Å². The number of carbonyl (C=O) groups is 2. The van der Waals surface area contributed by atoms with Crippen LogP contribution in [0.2, 0.25) is 0 Å². The molecule has 4 rings (SSSR count). The summed E-state index contributed by atoms with van der Waals surface area (Å²) in [5.74, 6) is 1.54. The van der Waals surface area contributed by atoms with Crippen molar-refractivity contribution in [2.45, 2.75) is 90.4 Å². The summed E-state index contributed by atoms with van der Waals surface area (Å²) in [6.07, 6.45) is 5.57. The van der Waals surface area contributed by atoms with Crippen LogP contribution in [0, 0.1) is 25.7 Å². The van der Waals surface area contributed by atoms with Gasteiger partial charge in [0.15, 0.2) is 0 Å². The highest BCUT2D eigenvalue weighted by molar-refractivity contribution is 5.92. The number of amides is 1. The van der Waals surface area contributed by atoms with Crippen molar-refractivity contribution in [1.82, 2.24) is 5.16 Å². The van der Waals surface area contributed by atoms with Crippen LogP contribution in [0.5, 0.6) is 0 Å². The van der Waals surface area contributed by atoms with Crippen LogP contribution in [-0.4, -0.2) is 22.1 Å². The summed E-state index contributed by atoms with van der Waals surface area (Å²) >= 11 is 0. The summed E-state index contributed by atoms with van der Waals surface area (Å²) in [6, 6.07) is 5.87. The maximum Gasteiger partial charge on any atom is 0.304 e. The maximum absolute atomic E-state index is 12.9. The zero-order valence-electron chi connectivity index (χ0n) is 20.2. The lowest BCUT2D eigenvalue weighted by atomic mass is 9.69. The second-order valence-electron chi connectivity index (χ2n) is 10.6. The molecular formula is C27H36N2O4. The van der Waals surface area contributed by atoms with Gasteiger partial charge in [-0.3, -0.25) is 9.59 Å². The van der Waals surface area contributed by atoms with Crippen LogP contribution < -0.4 is 5.32 Å². The van der Waals surface area contributed by atoms with Crippen LogP contribution in [0.4, 0.5) is 5.69 Å². The van der Waals surface area contributed by atoms with Gasteiger partial charge in [-0.2, -0.15) is 0 Å². The van der Waals surface area contributed by atoms with Crippen molar-refractivity contribution < 1.29 is 19.2 Å². The van der Waals surface area contributed by atoms with Gasteiger partial charge in [0.1, 0.15) is 5.76 Å². The molecule has 0 aliphatic heterocycles. The van der Waals surface area contributed by atoms with Crippen LogP contribution in [0.3, 0.4) is 0 Å². The monoisotopic (exact) mass is 452 g/mol. The molecule has 6 nitrogen and oxygen atoms in total. The molecule has 2 aliphatic carbocycles. The third-order valence-corrected chi connectivity index (χ3v) is 7.08. The number of aromatic nitrogens is 1. The predicted octanol–water partition coefficient (Wildman–Crippen LogP) is 6.30. The molecule has 2 saturated carbocycles. The lowest BCUT2D eigenvalue weighted by Gasteiger charge is -2.35. The standard InChI is InChI=1S/C27H36N2O4/c1-15(2)9-18-11-21(12-18)27-25(19-6-7-19)26(29-33-27)20(14-24(31)32)13-23(30)28-22-8-5-16(3)10-17(22)4/h5,8,10,15,18-21H,6-7,9,11-14H2,1-4H3,(H,28,30)(H,31,32)/t18?,20-,21?/m1/s1. The van der Waals surface area contributed by atoms with Crippen LogP contribution >= 0.6 is 0 Å². The molecule has 2 N–H and O–H groups in total. The molecule has 2 fully saturated rings. The average Bonchev–Trinajstić information content (AvgIpc) is 3.44. The zero-order chi connectivity index (χ0) is 23.7. The van der Waals surface area contributed by atoms with E-state index in [4.69, 9.17) is 4.52 Å². The van der Waals surface area contributed by atoms with Gasteiger partial charge in [-0.1, -0.05) is 36.7 Å². The second-order valence-corrected chi connectivity index (χ2v) is 10.6. The van der Waals surface area contributed by atoms with Crippen LogP contribution in [0.1, 0.15) is 105 Å². The third kappa shape index (κ3) is 5.66. The minimum Gasteiger partial charge on any atom is -0.481 e. The third-order valence-electron chi connectivity index (χ3n) is 7.08. The van der Waals surface area contributed by atoms with E-state index < -0.39 is 11.9 Å². The first-order valence-electron chi connectivity index (χ1n) is 12.3. The van der Waals surface area contributed by atoms with Crippen LogP contribution in [0.15, 0.2) is 22.7 Å². The topological polar surface area (TPSA) is 92.4 Å². The Morgan fingerprint density at radius 2 is 1.88 bits per heavy atom. The van der Waals surface area contributed by atoms with E-state index in [2.05, 4.69) is 24.3 Å². The average molecular weight is 453 g/mol. The molecule has 1 amide bonds. The molecule has 6 heteroatoms. The molecule has 33 heavy (non-hydrogen) atoms. The van der Waals surface area contributed by atoms with Crippen molar-refractivity contribution >= 4 is 17.6 Å². The number of rotatable bonds is 10. The fraction of sp³-hybridized carbons (Fsp3) is 0.593. The highest BCUT2D eigenvalue weighted by Gasteiger charge is 2.42. The number of aliphatic carboxylic acids is 1. The number of hydrogen-bond donors (Lipinski definition) is 2. The number of nitrogens with one attached hydrogen (secondary N) is 1. The molecule has 2 aromatic rings. The van der Waals surface area contributed by atoms with Crippen molar-refractivity contribution in [3.8, 4) is 0 Å². The summed E-state index contributed by atoms with van der Waals surface area (Å²) < 4.78 is 5.87. The molecule has 1 heterocycles. The molecule has 1 atom stereocenters. The number of benzene rings is 1. The second kappa shape index (κ2) is 9.70. The minimum atomic E-state index is -0.925. The molecule has 178 valence electrons. The summed E-state index contributed by atoms with van der Waals surface area (Å²) in [4.78, 5) is 24.6. The van der Waals surface area contributed by atoms with Crippen LogP contribution in [-0.2, 0) is 9.59 Å². The van der Waals surface area contributed by atoms with E-state index in [1.807, 2.05) is 32.0 Å². The Labute approximate surface area is 196 Å². The van der Waals surface area contributed by atoms with E-state index in [1.165, 1.54) is 6.42 Å². The number of hydrogen-bond acceptors (Lipinski definition) is 4. The summed E-state index contributed by atoms with van der Waals surface area (Å²) in [6.45, 7) is 8.48. The number of anilines is 1. The van der Waals surface area contributed by atoms with Gasteiger partial charge in [-0.25, -0.2) is 0 Å². The van der Waals surface area contributed by atoms with Crippen molar-refractivity contribution in [2.24, 2.45) is 11.8 Å². The summed E-state index contributed by atoms with van der Waals surface area (Å²) in [5, 5.41) is 16.9. The summed E-state index contributed by atoms with van der Waals surface area (Å²) in [7, 11) is 0. The number of carboxylic acid groups (broad SMARTS) is 1. The number of carboxylic acids is 1. The number of carbonyl (C=O) groups excluding carboxylic acids is 1. The lowest BCUT2D eigenvalue weighted by molar-refractivity contribution is -0.137. The highest BCUT2D eigenvalue weighted by Crippen LogP contribution is 2.52. The quantitative estimate of drug-likeness (QED) is 0.441. The first kappa shape index (κ1) is 23.5. The Morgan fingerprint density at radius 1 is 1.15 bits per heavy atom. The van der Waals surface area contributed by atoms with Gasteiger partial charge < -0.3 is 14.9 Å². The molecule has 0 saturated heterocycles. The fourth-order valence-electron chi connectivity index (χ4n) is 5.36. The van der Waals surface area contributed by atoms with E-state index in [-0.39, 0.29) is 18.7 Å². The largest absolute Gasteiger partial charge is 0.481 e. The normalized spacial score (nSPS) is 21.0. The molecule has 1 aromatic heterocycles. The first-order chi connectivity index (χ1) is 15.7. The van der Waals surface area contributed by atoms with E-state index in [0.717, 1.165) is 59.7 Å². The van der Waals surface area contributed by atoms with E-state index in [1.54, 1.807) is 0 Å². The van der Waals surface area contributed by atoms with Crippen molar-refractivity contribution in [3.05, 3.63) is 46.3 Å². The molecule has 0 bridgehead atoms. The van der Waals surface area contributed by atoms with Gasteiger partial charge >= 0.3 is 5.97 Å². The molecule has 0 spiro atoms. The maximum atomic E-state index is 12.9. The van der Waals surface area contributed by atoms with Gasteiger partial charge in [0.25, 0.3) is 0 Å². The van der Waals surface area contributed by atoms with Gasteiger partial charge in [0.2, 0.25) is 5.91 Å². The SMILES string of the molecule is Cc1ccc(NC(=O)C[C@H](CC(=O)O)c2noc(C3CC(CC(C)C)C3)c2C2CC2)c(C)c1. The smallest absolute Gasteiger partial charge is 0.304 e. The Bertz CT molecular complexity index is 1020. The molecule has 0 radical (unpaired) electrons. The lowest BCUT2D eigenvalue weighted by Crippen LogP contribution is -2.24. The Hall–Kier alpha value is -2.63. The van der Waals surface area contributed by atoms with Crippen LogP contribution in [0.25, 0.3) is 0 Å².